The third kappa shape index (κ3) is 8.11. The molecule has 1 aromatic rings. The van der Waals surface area contributed by atoms with Crippen molar-refractivity contribution in [2.75, 3.05) is 47.9 Å². The van der Waals surface area contributed by atoms with Gasteiger partial charge in [-0.2, -0.15) is 8.78 Å². The minimum Gasteiger partial charge on any atom is -0.435 e. The normalized spacial score (nSPS) is 11.4. The van der Waals surface area contributed by atoms with Crippen molar-refractivity contribution in [1.29, 1.82) is 0 Å². The van der Waals surface area contributed by atoms with Crippen LogP contribution in [0.5, 0.6) is 5.75 Å². The first kappa shape index (κ1) is 21.6. The maximum absolute atomic E-state index is 12.2. The Morgan fingerprint density at radius 1 is 1.23 bits per heavy atom. The molecule has 0 aliphatic heterocycles. The van der Waals surface area contributed by atoms with Crippen LogP contribution in [0.1, 0.15) is 5.56 Å². The van der Waals surface area contributed by atoms with E-state index in [9.17, 15) is 13.6 Å². The van der Waals surface area contributed by atoms with Gasteiger partial charge in [-0.05, 0) is 17.7 Å². The summed E-state index contributed by atoms with van der Waals surface area (Å²) in [5.74, 6) is 0.540. The van der Waals surface area contributed by atoms with Gasteiger partial charge in [0, 0.05) is 41.3 Å². The number of carbonyl (C=O) groups is 1. The highest BCUT2D eigenvalue weighted by Gasteiger charge is 2.10. The van der Waals surface area contributed by atoms with E-state index in [0.29, 0.717) is 25.7 Å². The number of hydrogen-bond acceptors (Lipinski definition) is 4. The van der Waals surface area contributed by atoms with E-state index in [1.807, 2.05) is 11.9 Å². The van der Waals surface area contributed by atoms with Gasteiger partial charge in [0.15, 0.2) is 5.96 Å². The number of nitrogens with one attached hydrogen (secondary N) is 1. The highest BCUT2D eigenvalue weighted by Crippen LogP contribution is 2.15. The van der Waals surface area contributed by atoms with Gasteiger partial charge in [-0.1, -0.05) is 12.1 Å². The molecule has 1 N–H and O–H groups in total. The van der Waals surface area contributed by atoms with Crippen LogP contribution in [0.3, 0.4) is 0 Å². The monoisotopic (exact) mass is 372 g/mol. The van der Waals surface area contributed by atoms with E-state index in [0.717, 1.165) is 5.56 Å². The number of halogens is 2. The highest BCUT2D eigenvalue weighted by molar-refractivity contribution is 5.84. The largest absolute Gasteiger partial charge is 0.435 e. The molecule has 0 unspecified atom stereocenters. The fourth-order valence-corrected chi connectivity index (χ4v) is 1.99. The lowest BCUT2D eigenvalue weighted by Crippen LogP contribution is -2.40. The predicted molar refractivity (Wildman–Crippen MR) is 95.4 cm³/mol. The van der Waals surface area contributed by atoms with Crippen molar-refractivity contribution in [2.24, 2.45) is 4.99 Å². The van der Waals surface area contributed by atoms with E-state index in [2.05, 4.69) is 15.0 Å². The molecule has 0 fully saturated rings. The van der Waals surface area contributed by atoms with E-state index in [-0.39, 0.29) is 18.2 Å². The standard InChI is InChI=1S/C17H26F2N4O3/c1-22(2)15(24)11-21-17(20-9-10-25-4)23(3)12-13-5-7-14(8-6-13)26-16(18)19/h5-8,16H,9-12H2,1-4H3,(H,20,21). The van der Waals surface area contributed by atoms with Gasteiger partial charge in [0.2, 0.25) is 5.91 Å². The number of aliphatic imine (C=N–C) groups is 1. The minimum absolute atomic E-state index is 0.0216. The number of ether oxygens (including phenoxy) is 2. The highest BCUT2D eigenvalue weighted by atomic mass is 19.3. The van der Waals surface area contributed by atoms with Crippen molar-refractivity contribution in [1.82, 2.24) is 15.1 Å². The summed E-state index contributed by atoms with van der Waals surface area (Å²) in [6.07, 6.45) is 0. The van der Waals surface area contributed by atoms with Gasteiger partial charge in [-0.25, -0.2) is 4.99 Å². The molecule has 0 spiro atoms. The number of rotatable bonds is 9. The maximum Gasteiger partial charge on any atom is 0.387 e. The Bertz CT molecular complexity index is 580. The van der Waals surface area contributed by atoms with Crippen LogP contribution in [-0.4, -0.2) is 76.2 Å². The van der Waals surface area contributed by atoms with Crippen molar-refractivity contribution < 1.29 is 23.0 Å². The molecular formula is C17H26F2N4O3. The molecule has 0 aliphatic carbocycles. The topological polar surface area (TPSA) is 66.4 Å². The molecule has 0 saturated carbocycles. The summed E-state index contributed by atoms with van der Waals surface area (Å²) in [4.78, 5) is 19.4. The van der Waals surface area contributed by atoms with Gasteiger partial charge in [0.1, 0.15) is 12.3 Å². The maximum atomic E-state index is 12.2. The first-order chi connectivity index (χ1) is 12.3. The third-order valence-corrected chi connectivity index (χ3v) is 3.38. The molecule has 0 aromatic heterocycles. The number of hydrogen-bond donors (Lipinski definition) is 1. The molecular weight excluding hydrogens is 346 g/mol. The Labute approximate surface area is 152 Å². The fourth-order valence-electron chi connectivity index (χ4n) is 1.99. The second kappa shape index (κ2) is 11.2. The average molecular weight is 372 g/mol. The molecule has 1 aromatic carbocycles. The van der Waals surface area contributed by atoms with Crippen LogP contribution in [0, 0.1) is 0 Å². The first-order valence-corrected chi connectivity index (χ1v) is 8.05. The van der Waals surface area contributed by atoms with Crippen LogP contribution in [-0.2, 0) is 16.1 Å². The zero-order valence-electron chi connectivity index (χ0n) is 15.5. The number of carbonyl (C=O) groups excluding carboxylic acids is 1. The van der Waals surface area contributed by atoms with Crippen molar-refractivity contribution in [2.45, 2.75) is 13.2 Å². The summed E-state index contributed by atoms with van der Waals surface area (Å²) in [6.45, 7) is -1.32. The third-order valence-electron chi connectivity index (χ3n) is 3.38. The minimum atomic E-state index is -2.85. The summed E-state index contributed by atoms with van der Waals surface area (Å²) in [5.41, 5.74) is 0.884. The van der Waals surface area contributed by atoms with Gasteiger partial charge in [0.05, 0.1) is 6.61 Å². The quantitative estimate of drug-likeness (QED) is 0.403. The molecule has 26 heavy (non-hydrogen) atoms. The molecule has 0 saturated heterocycles. The van der Waals surface area contributed by atoms with Crippen LogP contribution in [0.15, 0.2) is 29.3 Å². The first-order valence-electron chi connectivity index (χ1n) is 8.05. The Morgan fingerprint density at radius 3 is 2.42 bits per heavy atom. The summed E-state index contributed by atoms with van der Waals surface area (Å²) in [6, 6.07) is 6.37. The van der Waals surface area contributed by atoms with Crippen LogP contribution < -0.4 is 10.1 Å². The van der Waals surface area contributed by atoms with Crippen LogP contribution in [0.2, 0.25) is 0 Å². The van der Waals surface area contributed by atoms with Gasteiger partial charge in [-0.3, -0.25) is 4.79 Å². The lowest BCUT2D eigenvalue weighted by molar-refractivity contribution is -0.127. The zero-order chi connectivity index (χ0) is 19.5. The van der Waals surface area contributed by atoms with Crippen molar-refractivity contribution in [3.8, 4) is 5.75 Å². The van der Waals surface area contributed by atoms with Crippen molar-refractivity contribution in [3.63, 3.8) is 0 Å². The Balaban J connectivity index is 2.75. The van der Waals surface area contributed by atoms with Crippen LogP contribution >= 0.6 is 0 Å². The summed E-state index contributed by atoms with van der Waals surface area (Å²) < 4.78 is 33.7. The lowest BCUT2D eigenvalue weighted by Gasteiger charge is -2.23. The molecule has 146 valence electrons. The summed E-state index contributed by atoms with van der Waals surface area (Å²) in [5, 5.41) is 3.13. The Hall–Kier alpha value is -2.42. The van der Waals surface area contributed by atoms with E-state index in [1.165, 1.54) is 17.0 Å². The van der Waals surface area contributed by atoms with Gasteiger partial charge in [0.25, 0.3) is 0 Å². The molecule has 7 nitrogen and oxygen atoms in total. The average Bonchev–Trinajstić information content (AvgIpc) is 2.58. The Morgan fingerprint density at radius 2 is 1.88 bits per heavy atom. The van der Waals surface area contributed by atoms with E-state index in [4.69, 9.17) is 4.74 Å². The summed E-state index contributed by atoms with van der Waals surface area (Å²) in [7, 11) is 6.76. The smallest absolute Gasteiger partial charge is 0.387 e. The number of likely N-dealkylation sites (N-methyl/N-ethyl adjacent to an activating group) is 1. The number of methoxy groups -OCH3 is 1. The van der Waals surface area contributed by atoms with Gasteiger partial charge < -0.3 is 24.6 Å². The molecule has 1 rings (SSSR count). The molecule has 0 aliphatic rings. The van der Waals surface area contributed by atoms with E-state index in [1.54, 1.807) is 33.3 Å². The van der Waals surface area contributed by atoms with Crippen LogP contribution in [0.25, 0.3) is 0 Å². The second-order valence-electron chi connectivity index (χ2n) is 5.73. The second-order valence-corrected chi connectivity index (χ2v) is 5.73. The number of nitrogens with zero attached hydrogens (tertiary/aromatic N) is 3. The van der Waals surface area contributed by atoms with E-state index < -0.39 is 6.61 Å². The van der Waals surface area contributed by atoms with E-state index >= 15 is 0 Å². The summed E-state index contributed by atoms with van der Waals surface area (Å²) >= 11 is 0. The molecule has 9 heteroatoms. The lowest BCUT2D eigenvalue weighted by atomic mass is 10.2. The molecule has 0 bridgehead atoms. The molecule has 0 atom stereocenters. The molecule has 1 amide bonds. The number of benzene rings is 1. The zero-order valence-corrected chi connectivity index (χ0v) is 15.5. The van der Waals surface area contributed by atoms with Crippen LogP contribution in [0.4, 0.5) is 8.78 Å². The predicted octanol–water partition coefficient (Wildman–Crippen LogP) is 1.40. The molecule has 0 heterocycles. The number of guanidine groups is 1. The molecule has 0 radical (unpaired) electrons. The Kier molecular flexibility index (Phi) is 9.35. The number of alkyl halides is 2. The van der Waals surface area contributed by atoms with Gasteiger partial charge >= 0.3 is 6.61 Å². The fraction of sp³-hybridized carbons (Fsp3) is 0.529. The van der Waals surface area contributed by atoms with Crippen molar-refractivity contribution in [3.05, 3.63) is 29.8 Å². The van der Waals surface area contributed by atoms with Gasteiger partial charge in [-0.15, -0.1) is 0 Å². The number of amides is 1. The van der Waals surface area contributed by atoms with Crippen molar-refractivity contribution >= 4 is 11.9 Å². The SMILES string of the molecule is COCCNC(=NCC(=O)N(C)C)N(C)Cc1ccc(OC(F)F)cc1.